The van der Waals surface area contributed by atoms with Crippen LogP contribution in [0.5, 0.6) is 0 Å². The monoisotopic (exact) mass is 233 g/mol. The van der Waals surface area contributed by atoms with E-state index in [1.54, 1.807) is 0 Å². The Labute approximate surface area is 104 Å². The van der Waals surface area contributed by atoms with E-state index in [1.807, 2.05) is 6.92 Å². The minimum atomic E-state index is -0.255. The molecule has 0 aromatic heterocycles. The van der Waals surface area contributed by atoms with Gasteiger partial charge < -0.3 is 10.4 Å². The quantitative estimate of drug-likeness (QED) is 0.790. The Bertz CT molecular complexity index is 340. The minimum absolute atomic E-state index is 0.255. The van der Waals surface area contributed by atoms with E-state index >= 15 is 0 Å². The van der Waals surface area contributed by atoms with Crippen molar-refractivity contribution in [2.24, 2.45) is 5.92 Å². The molecule has 1 aliphatic carbocycles. The third kappa shape index (κ3) is 4.14. The van der Waals surface area contributed by atoms with Gasteiger partial charge in [0.25, 0.3) is 0 Å². The van der Waals surface area contributed by atoms with Gasteiger partial charge in [-0.05, 0) is 44.6 Å². The molecule has 0 bridgehead atoms. The maximum absolute atomic E-state index is 9.34. The summed E-state index contributed by atoms with van der Waals surface area (Å²) in [6.07, 6.45) is 3.50. The van der Waals surface area contributed by atoms with Crippen molar-refractivity contribution in [3.63, 3.8) is 0 Å². The van der Waals surface area contributed by atoms with Gasteiger partial charge in [0, 0.05) is 12.6 Å². The Balaban J connectivity index is 1.90. The van der Waals surface area contributed by atoms with Crippen LogP contribution in [0.15, 0.2) is 24.3 Å². The summed E-state index contributed by atoms with van der Waals surface area (Å²) in [6, 6.07) is 9.32. The van der Waals surface area contributed by atoms with E-state index in [2.05, 4.69) is 36.5 Å². The van der Waals surface area contributed by atoms with Crippen LogP contribution in [0.4, 0.5) is 0 Å². The molecule has 0 amide bonds. The molecule has 1 aliphatic rings. The number of aryl methyl sites for hydroxylation is 1. The highest BCUT2D eigenvalue weighted by molar-refractivity contribution is 5.22. The summed E-state index contributed by atoms with van der Waals surface area (Å²) in [4.78, 5) is 0. The fourth-order valence-electron chi connectivity index (χ4n) is 2.20. The second-order valence-corrected chi connectivity index (χ2v) is 5.39. The molecule has 2 rings (SSSR count). The number of hydrogen-bond acceptors (Lipinski definition) is 2. The van der Waals surface area contributed by atoms with Gasteiger partial charge in [-0.3, -0.25) is 0 Å². The first-order valence-corrected chi connectivity index (χ1v) is 6.62. The highest BCUT2D eigenvalue weighted by Crippen LogP contribution is 2.34. The van der Waals surface area contributed by atoms with Crippen molar-refractivity contribution in [2.45, 2.75) is 45.3 Å². The standard InChI is InChI=1S/C15H23NO/c1-11-3-5-13(6-4-11)9-15(14-7-8-14)16-10-12(2)17/h3-6,12,14-17H,7-10H2,1-2H3. The lowest BCUT2D eigenvalue weighted by Gasteiger charge is -2.19. The van der Waals surface area contributed by atoms with E-state index in [9.17, 15) is 5.11 Å². The predicted molar refractivity (Wildman–Crippen MR) is 71.1 cm³/mol. The van der Waals surface area contributed by atoms with Crippen molar-refractivity contribution in [1.29, 1.82) is 0 Å². The third-order valence-corrected chi connectivity index (χ3v) is 3.44. The van der Waals surface area contributed by atoms with Gasteiger partial charge in [0.15, 0.2) is 0 Å². The first-order valence-electron chi connectivity index (χ1n) is 6.62. The molecule has 0 aliphatic heterocycles. The van der Waals surface area contributed by atoms with Gasteiger partial charge in [-0.15, -0.1) is 0 Å². The number of benzene rings is 1. The number of rotatable bonds is 6. The van der Waals surface area contributed by atoms with Crippen LogP contribution in [0.1, 0.15) is 30.9 Å². The fourth-order valence-corrected chi connectivity index (χ4v) is 2.20. The Hall–Kier alpha value is -0.860. The molecule has 1 fully saturated rings. The highest BCUT2D eigenvalue weighted by atomic mass is 16.3. The molecular weight excluding hydrogens is 210 g/mol. The van der Waals surface area contributed by atoms with Gasteiger partial charge in [0.05, 0.1) is 6.10 Å². The van der Waals surface area contributed by atoms with Crippen LogP contribution in [-0.4, -0.2) is 23.8 Å². The fraction of sp³-hybridized carbons (Fsp3) is 0.600. The van der Waals surface area contributed by atoms with E-state index in [-0.39, 0.29) is 6.10 Å². The predicted octanol–water partition coefficient (Wildman–Crippen LogP) is 2.29. The van der Waals surface area contributed by atoms with Crippen LogP contribution < -0.4 is 5.32 Å². The lowest BCUT2D eigenvalue weighted by Crippen LogP contribution is -2.37. The summed E-state index contributed by atoms with van der Waals surface area (Å²) in [5, 5.41) is 12.8. The number of hydrogen-bond donors (Lipinski definition) is 2. The molecule has 94 valence electrons. The Morgan fingerprint density at radius 2 is 1.94 bits per heavy atom. The SMILES string of the molecule is Cc1ccc(CC(NCC(C)O)C2CC2)cc1. The molecule has 1 saturated carbocycles. The molecule has 2 atom stereocenters. The van der Waals surface area contributed by atoms with Crippen LogP contribution in [0.2, 0.25) is 0 Å². The summed E-state index contributed by atoms with van der Waals surface area (Å²) < 4.78 is 0. The molecular formula is C15H23NO. The number of aliphatic hydroxyl groups excluding tert-OH is 1. The van der Waals surface area contributed by atoms with Gasteiger partial charge >= 0.3 is 0 Å². The second-order valence-electron chi connectivity index (χ2n) is 5.39. The van der Waals surface area contributed by atoms with Crippen LogP contribution >= 0.6 is 0 Å². The minimum Gasteiger partial charge on any atom is -0.392 e. The van der Waals surface area contributed by atoms with Crippen LogP contribution in [0.3, 0.4) is 0 Å². The zero-order valence-corrected chi connectivity index (χ0v) is 10.8. The normalized spacial score (nSPS) is 19.0. The van der Waals surface area contributed by atoms with E-state index in [0.29, 0.717) is 12.6 Å². The lowest BCUT2D eigenvalue weighted by atomic mass is 10.0. The van der Waals surface area contributed by atoms with Crippen molar-refractivity contribution < 1.29 is 5.11 Å². The Morgan fingerprint density at radius 1 is 1.29 bits per heavy atom. The smallest absolute Gasteiger partial charge is 0.0636 e. The molecule has 2 nitrogen and oxygen atoms in total. The molecule has 1 aromatic rings. The second kappa shape index (κ2) is 5.65. The molecule has 2 N–H and O–H groups in total. The zero-order valence-electron chi connectivity index (χ0n) is 10.8. The number of nitrogens with one attached hydrogen (secondary N) is 1. The molecule has 2 heteroatoms. The molecule has 17 heavy (non-hydrogen) atoms. The Morgan fingerprint density at radius 3 is 2.47 bits per heavy atom. The van der Waals surface area contributed by atoms with E-state index in [0.717, 1.165) is 12.3 Å². The summed E-state index contributed by atoms with van der Waals surface area (Å²) in [6.45, 7) is 4.66. The van der Waals surface area contributed by atoms with E-state index < -0.39 is 0 Å². The van der Waals surface area contributed by atoms with Gasteiger partial charge in [-0.25, -0.2) is 0 Å². The van der Waals surface area contributed by atoms with Crippen molar-refractivity contribution >= 4 is 0 Å². The lowest BCUT2D eigenvalue weighted by molar-refractivity contribution is 0.184. The summed E-state index contributed by atoms with van der Waals surface area (Å²) in [5.74, 6) is 0.815. The summed E-state index contributed by atoms with van der Waals surface area (Å²) in [5.41, 5.74) is 2.71. The Kier molecular flexibility index (Phi) is 4.19. The van der Waals surface area contributed by atoms with E-state index in [4.69, 9.17) is 0 Å². The first kappa shape index (κ1) is 12.6. The van der Waals surface area contributed by atoms with Crippen molar-refractivity contribution in [1.82, 2.24) is 5.32 Å². The van der Waals surface area contributed by atoms with Crippen LogP contribution in [0.25, 0.3) is 0 Å². The maximum atomic E-state index is 9.34. The topological polar surface area (TPSA) is 32.3 Å². The largest absolute Gasteiger partial charge is 0.392 e. The average molecular weight is 233 g/mol. The zero-order chi connectivity index (χ0) is 12.3. The van der Waals surface area contributed by atoms with Gasteiger partial charge in [-0.2, -0.15) is 0 Å². The highest BCUT2D eigenvalue weighted by Gasteiger charge is 2.30. The van der Waals surface area contributed by atoms with Gasteiger partial charge in [-0.1, -0.05) is 29.8 Å². The first-order chi connectivity index (χ1) is 8.15. The van der Waals surface area contributed by atoms with Crippen LogP contribution in [0, 0.1) is 12.8 Å². The molecule has 1 aromatic carbocycles. The summed E-state index contributed by atoms with van der Waals surface area (Å²) >= 11 is 0. The van der Waals surface area contributed by atoms with Gasteiger partial charge in [0.2, 0.25) is 0 Å². The molecule has 2 unspecified atom stereocenters. The van der Waals surface area contributed by atoms with Crippen LogP contribution in [-0.2, 0) is 6.42 Å². The van der Waals surface area contributed by atoms with Gasteiger partial charge in [0.1, 0.15) is 0 Å². The molecule has 0 saturated heterocycles. The number of aliphatic hydroxyl groups is 1. The summed E-state index contributed by atoms with van der Waals surface area (Å²) in [7, 11) is 0. The van der Waals surface area contributed by atoms with E-state index in [1.165, 1.54) is 24.0 Å². The molecule has 0 radical (unpaired) electrons. The molecule has 0 heterocycles. The van der Waals surface area contributed by atoms with Crippen molar-refractivity contribution in [3.8, 4) is 0 Å². The maximum Gasteiger partial charge on any atom is 0.0636 e. The third-order valence-electron chi connectivity index (χ3n) is 3.44. The van der Waals surface area contributed by atoms with Crippen molar-refractivity contribution in [3.05, 3.63) is 35.4 Å². The van der Waals surface area contributed by atoms with Crippen molar-refractivity contribution in [2.75, 3.05) is 6.54 Å². The molecule has 0 spiro atoms. The average Bonchev–Trinajstić information content (AvgIpc) is 3.10.